The second-order valence-corrected chi connectivity index (χ2v) is 4.94. The fourth-order valence-electron chi connectivity index (χ4n) is 2.22. The van der Waals surface area contributed by atoms with Crippen molar-refractivity contribution >= 4 is 5.82 Å². The number of aromatic nitrogens is 4. The molecule has 0 saturated heterocycles. The third-order valence-corrected chi connectivity index (χ3v) is 3.45. The van der Waals surface area contributed by atoms with Crippen LogP contribution in [0.25, 0.3) is 17.1 Å². The molecule has 3 aromatic rings. The van der Waals surface area contributed by atoms with E-state index in [4.69, 9.17) is 15.7 Å². The summed E-state index contributed by atoms with van der Waals surface area (Å²) in [5.41, 5.74) is 8.67. The Morgan fingerprint density at radius 2 is 2.09 bits per heavy atom. The molecule has 0 bridgehead atoms. The quantitative estimate of drug-likeness (QED) is 0.795. The van der Waals surface area contributed by atoms with E-state index in [9.17, 15) is 0 Å². The highest BCUT2D eigenvalue weighted by Gasteiger charge is 2.13. The molecule has 7 heteroatoms. The van der Waals surface area contributed by atoms with Gasteiger partial charge in [-0.1, -0.05) is 12.1 Å². The van der Waals surface area contributed by atoms with Crippen LogP contribution in [0.1, 0.15) is 11.1 Å². The number of benzene rings is 1. The Morgan fingerprint density at radius 3 is 2.74 bits per heavy atom. The third kappa shape index (κ3) is 2.58. The van der Waals surface area contributed by atoms with Crippen molar-refractivity contribution in [2.75, 3.05) is 12.8 Å². The van der Waals surface area contributed by atoms with Crippen molar-refractivity contribution in [1.82, 2.24) is 20.0 Å². The van der Waals surface area contributed by atoms with E-state index in [-0.39, 0.29) is 5.82 Å². The zero-order valence-electron chi connectivity index (χ0n) is 12.7. The molecule has 0 aliphatic rings. The van der Waals surface area contributed by atoms with Gasteiger partial charge in [-0.05, 0) is 30.7 Å². The summed E-state index contributed by atoms with van der Waals surface area (Å²) in [4.78, 5) is 0. The molecular formula is C16H14N6O. The molecule has 0 aliphatic heterocycles. The molecule has 0 unspecified atom stereocenters. The maximum atomic E-state index is 8.96. The van der Waals surface area contributed by atoms with Gasteiger partial charge in [-0.2, -0.15) is 15.0 Å². The van der Waals surface area contributed by atoms with Crippen molar-refractivity contribution in [3.63, 3.8) is 0 Å². The van der Waals surface area contributed by atoms with E-state index in [1.165, 1.54) is 10.9 Å². The van der Waals surface area contributed by atoms with Gasteiger partial charge in [0.25, 0.3) is 0 Å². The number of nitriles is 1. The smallest absolute Gasteiger partial charge is 0.180 e. The van der Waals surface area contributed by atoms with Crippen molar-refractivity contribution in [2.45, 2.75) is 6.92 Å². The number of aryl methyl sites for hydroxylation is 1. The van der Waals surface area contributed by atoms with Gasteiger partial charge in [-0.15, -0.1) is 10.2 Å². The summed E-state index contributed by atoms with van der Waals surface area (Å²) < 4.78 is 6.63. The SMILES string of the molecule is COc1cccc(-c2cc(C)c(-n3ncc(C#N)c3N)nn2)c1. The van der Waals surface area contributed by atoms with Gasteiger partial charge in [0.05, 0.1) is 19.0 Å². The monoisotopic (exact) mass is 306 g/mol. The lowest BCUT2D eigenvalue weighted by Gasteiger charge is -2.08. The first-order valence-corrected chi connectivity index (χ1v) is 6.86. The molecule has 0 fully saturated rings. The van der Waals surface area contributed by atoms with Gasteiger partial charge in [0.2, 0.25) is 0 Å². The van der Waals surface area contributed by atoms with Gasteiger partial charge >= 0.3 is 0 Å². The van der Waals surface area contributed by atoms with Crippen LogP contribution < -0.4 is 10.5 Å². The van der Waals surface area contributed by atoms with Gasteiger partial charge in [-0.25, -0.2) is 0 Å². The van der Waals surface area contributed by atoms with Crippen LogP contribution in [0.5, 0.6) is 5.75 Å². The van der Waals surface area contributed by atoms with Crippen LogP contribution in [0.3, 0.4) is 0 Å². The molecule has 114 valence electrons. The van der Waals surface area contributed by atoms with Crippen molar-refractivity contribution in [3.05, 3.63) is 47.7 Å². The van der Waals surface area contributed by atoms with Gasteiger partial charge in [0.1, 0.15) is 23.2 Å². The summed E-state index contributed by atoms with van der Waals surface area (Å²) in [6.07, 6.45) is 1.41. The van der Waals surface area contributed by atoms with Crippen LogP contribution in [0.4, 0.5) is 5.82 Å². The largest absolute Gasteiger partial charge is 0.497 e. The summed E-state index contributed by atoms with van der Waals surface area (Å²) in [6.45, 7) is 1.89. The van der Waals surface area contributed by atoms with E-state index in [1.54, 1.807) is 7.11 Å². The standard InChI is InChI=1S/C16H14N6O/c1-10-6-14(11-4-3-5-13(7-11)23-2)20-21-16(10)22-15(18)12(8-17)9-19-22/h3-7,9H,18H2,1-2H3. The van der Waals surface area contributed by atoms with Gasteiger partial charge in [0.15, 0.2) is 5.82 Å². The Kier molecular flexibility index (Phi) is 3.65. The van der Waals surface area contributed by atoms with Gasteiger partial charge < -0.3 is 10.5 Å². The Labute approximate surface area is 133 Å². The lowest BCUT2D eigenvalue weighted by molar-refractivity contribution is 0.415. The van der Waals surface area contributed by atoms with Crippen molar-refractivity contribution in [3.8, 4) is 28.9 Å². The van der Waals surface area contributed by atoms with E-state index in [0.717, 1.165) is 22.6 Å². The van der Waals surface area contributed by atoms with E-state index >= 15 is 0 Å². The molecule has 0 atom stereocenters. The fraction of sp³-hybridized carbons (Fsp3) is 0.125. The summed E-state index contributed by atoms with van der Waals surface area (Å²) in [5, 5.41) is 21.5. The Hall–Kier alpha value is -3.40. The van der Waals surface area contributed by atoms with E-state index in [2.05, 4.69) is 15.3 Å². The molecule has 0 saturated carbocycles. The molecule has 0 spiro atoms. The highest BCUT2D eigenvalue weighted by atomic mass is 16.5. The second-order valence-electron chi connectivity index (χ2n) is 4.94. The summed E-state index contributed by atoms with van der Waals surface area (Å²) in [6, 6.07) is 11.5. The molecule has 0 amide bonds. The first-order valence-electron chi connectivity index (χ1n) is 6.86. The predicted octanol–water partition coefficient (Wildman–Crippen LogP) is 2.10. The molecule has 1 aromatic carbocycles. The summed E-state index contributed by atoms with van der Waals surface area (Å²) in [7, 11) is 1.62. The number of hydrogen-bond acceptors (Lipinski definition) is 6. The minimum atomic E-state index is 0.249. The first-order chi connectivity index (χ1) is 11.1. The molecule has 2 N–H and O–H groups in total. The van der Waals surface area contributed by atoms with E-state index in [1.807, 2.05) is 43.3 Å². The van der Waals surface area contributed by atoms with E-state index < -0.39 is 0 Å². The lowest BCUT2D eigenvalue weighted by Crippen LogP contribution is -2.08. The lowest BCUT2D eigenvalue weighted by atomic mass is 10.1. The predicted molar refractivity (Wildman–Crippen MR) is 85.0 cm³/mol. The average Bonchev–Trinajstić information content (AvgIpc) is 2.95. The molecular weight excluding hydrogens is 292 g/mol. The molecule has 2 aromatic heterocycles. The molecule has 0 aliphatic carbocycles. The van der Waals surface area contributed by atoms with Crippen LogP contribution in [-0.2, 0) is 0 Å². The number of anilines is 1. The summed E-state index contributed by atoms with van der Waals surface area (Å²) in [5.74, 6) is 1.50. The fourth-order valence-corrected chi connectivity index (χ4v) is 2.22. The number of nitrogens with two attached hydrogens (primary N) is 1. The van der Waals surface area contributed by atoms with Gasteiger partial charge in [0, 0.05) is 5.56 Å². The topological polar surface area (TPSA) is 103 Å². The van der Waals surface area contributed by atoms with Crippen LogP contribution in [0.2, 0.25) is 0 Å². The number of nitrogens with zero attached hydrogens (tertiary/aromatic N) is 5. The number of hydrogen-bond donors (Lipinski definition) is 1. The minimum Gasteiger partial charge on any atom is -0.497 e. The van der Waals surface area contributed by atoms with Crippen molar-refractivity contribution < 1.29 is 4.74 Å². The molecule has 0 radical (unpaired) electrons. The molecule has 7 nitrogen and oxygen atoms in total. The van der Waals surface area contributed by atoms with Gasteiger partial charge in [-0.3, -0.25) is 0 Å². The van der Waals surface area contributed by atoms with Crippen LogP contribution >= 0.6 is 0 Å². The Morgan fingerprint density at radius 1 is 1.26 bits per heavy atom. The van der Waals surface area contributed by atoms with Crippen molar-refractivity contribution in [2.24, 2.45) is 0 Å². The molecule has 2 heterocycles. The number of methoxy groups -OCH3 is 1. The highest BCUT2D eigenvalue weighted by Crippen LogP contribution is 2.24. The van der Waals surface area contributed by atoms with Crippen LogP contribution in [0.15, 0.2) is 36.5 Å². The zero-order chi connectivity index (χ0) is 16.4. The number of nitrogen functional groups attached to an aromatic ring is 1. The highest BCUT2D eigenvalue weighted by molar-refractivity contribution is 5.62. The zero-order valence-corrected chi connectivity index (χ0v) is 12.7. The number of ether oxygens (including phenoxy) is 1. The minimum absolute atomic E-state index is 0.249. The first kappa shape index (κ1) is 14.5. The molecule has 3 rings (SSSR count). The average molecular weight is 306 g/mol. The van der Waals surface area contributed by atoms with E-state index in [0.29, 0.717) is 11.4 Å². The second kappa shape index (κ2) is 5.77. The van der Waals surface area contributed by atoms with Crippen molar-refractivity contribution in [1.29, 1.82) is 5.26 Å². The third-order valence-electron chi connectivity index (χ3n) is 3.45. The summed E-state index contributed by atoms with van der Waals surface area (Å²) >= 11 is 0. The maximum Gasteiger partial charge on any atom is 0.180 e. The maximum absolute atomic E-state index is 8.96. The normalized spacial score (nSPS) is 10.3. The number of rotatable bonds is 3. The Bertz CT molecular complexity index is 909. The molecule has 23 heavy (non-hydrogen) atoms. The van der Waals surface area contributed by atoms with Crippen LogP contribution in [-0.4, -0.2) is 27.1 Å². The Balaban J connectivity index is 2.04. The van der Waals surface area contributed by atoms with Crippen LogP contribution in [0, 0.1) is 18.3 Å².